The van der Waals surface area contributed by atoms with Crippen molar-refractivity contribution in [3.8, 4) is 0 Å². The van der Waals surface area contributed by atoms with Crippen molar-refractivity contribution in [2.75, 3.05) is 31.1 Å². The van der Waals surface area contributed by atoms with Gasteiger partial charge >= 0.3 is 0 Å². The van der Waals surface area contributed by atoms with E-state index >= 15 is 0 Å². The molecule has 27 heavy (non-hydrogen) atoms. The van der Waals surface area contributed by atoms with Crippen molar-refractivity contribution in [1.82, 2.24) is 4.98 Å². The summed E-state index contributed by atoms with van der Waals surface area (Å²) in [6.07, 6.45) is 3.51. The molecule has 3 rings (SSSR count). The van der Waals surface area contributed by atoms with Crippen molar-refractivity contribution < 1.29 is 9.69 Å². The predicted octanol–water partition coefficient (Wildman–Crippen LogP) is 3.98. The molecule has 3 aromatic rings. The van der Waals surface area contributed by atoms with Crippen molar-refractivity contribution in [2.24, 2.45) is 0 Å². The number of anilines is 1. The molecule has 0 atom stereocenters. The highest BCUT2D eigenvalue weighted by molar-refractivity contribution is 7.22. The van der Waals surface area contributed by atoms with Crippen LogP contribution in [0.2, 0.25) is 5.02 Å². The van der Waals surface area contributed by atoms with Crippen LogP contribution in [0.15, 0.2) is 41.8 Å². The van der Waals surface area contributed by atoms with Crippen LogP contribution in [-0.4, -0.2) is 37.1 Å². The Bertz CT molecular complexity index is 917. The summed E-state index contributed by atoms with van der Waals surface area (Å²) in [7, 11) is 0. The Morgan fingerprint density at radius 1 is 1.30 bits per heavy atom. The minimum absolute atomic E-state index is 0.0416. The van der Waals surface area contributed by atoms with Gasteiger partial charge in [0.2, 0.25) is 0 Å². The number of thiophene rings is 1. The van der Waals surface area contributed by atoms with Crippen LogP contribution in [0.25, 0.3) is 16.3 Å². The van der Waals surface area contributed by atoms with E-state index in [1.165, 1.54) is 16.2 Å². The average Bonchev–Trinajstić information content (AvgIpc) is 3.32. The van der Waals surface area contributed by atoms with Gasteiger partial charge in [-0.2, -0.15) is 0 Å². The van der Waals surface area contributed by atoms with Gasteiger partial charge in [0, 0.05) is 16.0 Å². The molecule has 0 aliphatic carbocycles. The van der Waals surface area contributed by atoms with E-state index in [1.54, 1.807) is 22.3 Å². The first kappa shape index (κ1) is 20.0. The lowest BCUT2D eigenvalue weighted by Gasteiger charge is -2.21. The molecule has 4 nitrogen and oxygen atoms in total. The van der Waals surface area contributed by atoms with Gasteiger partial charge in [-0.05, 0) is 49.6 Å². The van der Waals surface area contributed by atoms with Gasteiger partial charge in [0.25, 0.3) is 5.91 Å². The number of aromatic nitrogens is 1. The second-order valence-corrected chi connectivity index (χ2v) is 8.58. The first-order valence-electron chi connectivity index (χ1n) is 9.03. The molecule has 0 fully saturated rings. The van der Waals surface area contributed by atoms with Crippen LogP contribution >= 0.6 is 34.3 Å². The summed E-state index contributed by atoms with van der Waals surface area (Å²) in [5.74, 6) is -0.0416. The molecule has 142 valence electrons. The molecule has 0 aliphatic heterocycles. The Morgan fingerprint density at radius 3 is 2.81 bits per heavy atom. The van der Waals surface area contributed by atoms with Gasteiger partial charge in [-0.3, -0.25) is 9.69 Å². The summed E-state index contributed by atoms with van der Waals surface area (Å²) in [4.78, 5) is 21.9. The topological polar surface area (TPSA) is 37.6 Å². The molecule has 7 heteroatoms. The lowest BCUT2D eigenvalue weighted by Crippen LogP contribution is -3.12. The summed E-state index contributed by atoms with van der Waals surface area (Å²) in [5.41, 5.74) is 0.870. The molecular formula is C20H23ClN3OS2+. The van der Waals surface area contributed by atoms with E-state index in [1.807, 2.05) is 41.8 Å². The normalized spacial score (nSPS) is 11.7. The van der Waals surface area contributed by atoms with Crippen molar-refractivity contribution >= 4 is 61.6 Å². The number of halogens is 1. The number of likely N-dealkylation sites (N-methyl/N-ethyl adjacent to an activating group) is 1. The molecule has 0 saturated carbocycles. The smallest absolute Gasteiger partial charge is 0.253 e. The molecule has 2 heterocycles. The van der Waals surface area contributed by atoms with E-state index < -0.39 is 0 Å². The van der Waals surface area contributed by atoms with E-state index in [0.29, 0.717) is 11.6 Å². The number of benzene rings is 1. The highest BCUT2D eigenvalue weighted by Crippen LogP contribution is 2.30. The van der Waals surface area contributed by atoms with Crippen molar-refractivity contribution in [3.05, 3.63) is 51.7 Å². The van der Waals surface area contributed by atoms with Crippen molar-refractivity contribution in [3.63, 3.8) is 0 Å². The number of thiazole rings is 1. The third-order valence-electron chi connectivity index (χ3n) is 4.46. The van der Waals surface area contributed by atoms with Gasteiger partial charge in [-0.25, -0.2) is 4.98 Å². The predicted molar refractivity (Wildman–Crippen MR) is 117 cm³/mol. The number of quaternary nitrogens is 1. The standard InChI is InChI=1S/C20H22ClN3OS2/c1-3-23(4-2)11-12-24(19(25)10-8-16-6-5-13-26-16)20-22-17-9-7-15(21)14-18(17)27-20/h5-10,13-14H,3-4,11-12H2,1-2H3/p+1/b10-8+. The molecule has 1 amide bonds. The van der Waals surface area contributed by atoms with E-state index in [9.17, 15) is 4.79 Å². The van der Waals surface area contributed by atoms with Crippen LogP contribution in [0.4, 0.5) is 5.13 Å². The van der Waals surface area contributed by atoms with Gasteiger partial charge in [0.05, 0.1) is 36.4 Å². The fourth-order valence-corrected chi connectivity index (χ4v) is 4.70. The minimum Gasteiger partial charge on any atom is -0.334 e. The summed E-state index contributed by atoms with van der Waals surface area (Å²) >= 11 is 9.22. The number of nitrogens with zero attached hydrogens (tertiary/aromatic N) is 2. The van der Waals surface area contributed by atoms with E-state index in [2.05, 4.69) is 18.8 Å². The molecule has 0 saturated heterocycles. The molecule has 0 bridgehead atoms. The third-order valence-corrected chi connectivity index (χ3v) is 6.57. The molecule has 0 unspecified atom stereocenters. The number of carbonyl (C=O) groups excluding carboxylic acids is 1. The Labute approximate surface area is 172 Å². The zero-order valence-electron chi connectivity index (χ0n) is 15.4. The van der Waals surface area contributed by atoms with Gasteiger partial charge in [0.15, 0.2) is 5.13 Å². The van der Waals surface area contributed by atoms with E-state index in [4.69, 9.17) is 11.6 Å². The van der Waals surface area contributed by atoms with Gasteiger partial charge in [-0.1, -0.05) is 29.0 Å². The number of fused-ring (bicyclic) bond motifs is 1. The average molecular weight is 421 g/mol. The van der Waals surface area contributed by atoms with Crippen LogP contribution in [-0.2, 0) is 4.79 Å². The number of amides is 1. The number of rotatable bonds is 8. The first-order chi connectivity index (χ1) is 13.1. The summed E-state index contributed by atoms with van der Waals surface area (Å²) < 4.78 is 0.993. The van der Waals surface area contributed by atoms with Crippen LogP contribution < -0.4 is 9.80 Å². The number of hydrogen-bond acceptors (Lipinski definition) is 4. The number of carbonyl (C=O) groups is 1. The second-order valence-electron chi connectivity index (χ2n) is 6.15. The fourth-order valence-electron chi connectivity index (χ4n) is 2.80. The monoisotopic (exact) mass is 420 g/mol. The molecule has 1 aromatic carbocycles. The van der Waals surface area contributed by atoms with Crippen LogP contribution in [0, 0.1) is 0 Å². The quantitative estimate of drug-likeness (QED) is 0.559. The lowest BCUT2D eigenvalue weighted by molar-refractivity contribution is -0.894. The third kappa shape index (κ3) is 5.17. The zero-order valence-corrected chi connectivity index (χ0v) is 17.8. The Hall–Kier alpha value is -1.73. The van der Waals surface area contributed by atoms with Gasteiger partial charge in [0.1, 0.15) is 0 Å². The Morgan fingerprint density at radius 2 is 2.11 bits per heavy atom. The SMILES string of the molecule is CC[NH+](CC)CCN(C(=O)/C=C/c1cccs1)c1nc2ccc(Cl)cc2s1. The zero-order chi connectivity index (χ0) is 19.2. The maximum Gasteiger partial charge on any atom is 0.253 e. The van der Waals surface area contributed by atoms with Crippen molar-refractivity contribution in [2.45, 2.75) is 13.8 Å². The summed E-state index contributed by atoms with van der Waals surface area (Å²) in [6, 6.07) is 9.61. The number of hydrogen-bond donors (Lipinski definition) is 1. The molecular weight excluding hydrogens is 398 g/mol. The fraction of sp³-hybridized carbons (Fsp3) is 0.300. The van der Waals surface area contributed by atoms with Gasteiger partial charge < -0.3 is 4.90 Å². The highest BCUT2D eigenvalue weighted by atomic mass is 35.5. The lowest BCUT2D eigenvalue weighted by atomic mass is 10.3. The van der Waals surface area contributed by atoms with E-state index in [0.717, 1.165) is 39.9 Å². The van der Waals surface area contributed by atoms with Gasteiger partial charge in [-0.15, -0.1) is 11.3 Å². The minimum atomic E-state index is -0.0416. The van der Waals surface area contributed by atoms with E-state index in [-0.39, 0.29) is 5.91 Å². The van der Waals surface area contributed by atoms with Crippen LogP contribution in [0.5, 0.6) is 0 Å². The summed E-state index contributed by atoms with van der Waals surface area (Å²) in [6.45, 7) is 7.95. The van der Waals surface area contributed by atoms with Crippen molar-refractivity contribution in [1.29, 1.82) is 0 Å². The van der Waals surface area contributed by atoms with Crippen LogP contribution in [0.3, 0.4) is 0 Å². The molecule has 2 aromatic heterocycles. The summed E-state index contributed by atoms with van der Waals surface area (Å²) in [5, 5.41) is 3.41. The second kappa shape index (κ2) is 9.46. The highest BCUT2D eigenvalue weighted by Gasteiger charge is 2.20. The largest absolute Gasteiger partial charge is 0.334 e. The maximum absolute atomic E-state index is 12.9. The molecule has 0 spiro atoms. The Balaban J connectivity index is 1.86. The Kier molecular flexibility index (Phi) is 7.01. The molecule has 1 N–H and O–H groups in total. The maximum atomic E-state index is 12.9. The van der Waals surface area contributed by atoms with Crippen LogP contribution in [0.1, 0.15) is 18.7 Å². The molecule has 0 aliphatic rings. The molecule has 0 radical (unpaired) electrons. The number of nitrogens with one attached hydrogen (secondary N) is 1. The first-order valence-corrected chi connectivity index (χ1v) is 11.1.